The molecule has 4 heteroatoms. The fourth-order valence-corrected chi connectivity index (χ4v) is 12.6. The zero-order valence-electron chi connectivity index (χ0n) is 27.0. The normalized spacial score (nSPS) is 23.2. The largest absolute Gasteiger partial charge is 0.242 e. The van der Waals surface area contributed by atoms with E-state index in [1.54, 1.807) is 5.30 Å². The lowest BCUT2D eigenvalue weighted by Gasteiger charge is -2.43. The standard InChI is InChI=1S/C37H56NOPS/c1-35(2,3)41(39)38-34(27-22-23-31-32(26-27)37(6,7)25-24-36(31,4)5)30-20-14-15-21-33(30)40(28-16-10-8-11-17-28)29-18-12-9-13-19-29/h14-15,20-23,26,28-29,34,38H,8-13,16-19,24-25H2,1-7H3/t34?,41-/m1/s1. The van der Waals surface area contributed by atoms with Gasteiger partial charge in [-0.2, -0.15) is 0 Å². The van der Waals surface area contributed by atoms with Crippen LogP contribution in [0.5, 0.6) is 0 Å². The average molecular weight is 594 g/mol. The monoisotopic (exact) mass is 593 g/mol. The zero-order chi connectivity index (χ0) is 29.4. The summed E-state index contributed by atoms with van der Waals surface area (Å²) >= 11 is 0. The van der Waals surface area contributed by atoms with Crippen LogP contribution in [0, 0.1) is 0 Å². The highest BCUT2D eigenvalue weighted by molar-refractivity contribution is 7.84. The number of rotatable bonds is 7. The SMILES string of the molecule is CC1(C)CCC(C)(C)c2cc(C(N[S@](=O)C(C)(C)C)c3ccccc3P(C3CCCCC3)C3CCCCC3)ccc21. The van der Waals surface area contributed by atoms with Gasteiger partial charge < -0.3 is 0 Å². The lowest BCUT2D eigenvalue weighted by atomic mass is 9.63. The second-order valence-electron chi connectivity index (χ2n) is 15.6. The molecule has 0 heterocycles. The molecule has 226 valence electrons. The smallest absolute Gasteiger partial charge is 0.0979 e. The molecule has 0 aromatic heterocycles. The van der Waals surface area contributed by atoms with Gasteiger partial charge in [-0.05, 0) is 109 Å². The van der Waals surface area contributed by atoms with Gasteiger partial charge in [-0.15, -0.1) is 0 Å². The lowest BCUT2D eigenvalue weighted by molar-refractivity contribution is 0.331. The molecule has 0 aliphatic heterocycles. The Balaban J connectivity index is 1.65. The van der Waals surface area contributed by atoms with Crippen LogP contribution in [-0.4, -0.2) is 20.3 Å². The van der Waals surface area contributed by atoms with Crippen LogP contribution in [0.15, 0.2) is 42.5 Å². The van der Waals surface area contributed by atoms with Gasteiger partial charge in [0.05, 0.1) is 21.8 Å². The van der Waals surface area contributed by atoms with Crippen molar-refractivity contribution in [3.05, 3.63) is 64.7 Å². The molecule has 1 unspecified atom stereocenters. The third kappa shape index (κ3) is 6.89. The Kier molecular flexibility index (Phi) is 9.60. The van der Waals surface area contributed by atoms with Crippen LogP contribution in [-0.2, 0) is 21.8 Å². The Hall–Kier alpha value is -1.02. The van der Waals surface area contributed by atoms with Gasteiger partial charge in [0.15, 0.2) is 0 Å². The van der Waals surface area contributed by atoms with Crippen molar-refractivity contribution >= 4 is 24.2 Å². The molecule has 3 aliphatic rings. The van der Waals surface area contributed by atoms with E-state index in [1.807, 2.05) is 0 Å². The molecule has 3 aliphatic carbocycles. The van der Waals surface area contributed by atoms with Crippen molar-refractivity contribution in [1.29, 1.82) is 0 Å². The van der Waals surface area contributed by atoms with Crippen molar-refractivity contribution in [1.82, 2.24) is 4.72 Å². The third-order valence-corrected chi connectivity index (χ3v) is 15.6. The van der Waals surface area contributed by atoms with Gasteiger partial charge in [0, 0.05) is 0 Å². The lowest BCUT2D eigenvalue weighted by Crippen LogP contribution is -2.39. The predicted octanol–water partition coefficient (Wildman–Crippen LogP) is 9.95. The molecular formula is C37H56NOPS. The summed E-state index contributed by atoms with van der Waals surface area (Å²) in [6, 6.07) is 16.6. The molecule has 5 rings (SSSR count). The van der Waals surface area contributed by atoms with Crippen molar-refractivity contribution in [2.75, 3.05) is 0 Å². The molecule has 0 bridgehead atoms. The molecule has 0 spiro atoms. The van der Waals surface area contributed by atoms with E-state index >= 15 is 0 Å². The molecule has 2 atom stereocenters. The first-order valence-electron chi connectivity index (χ1n) is 16.6. The van der Waals surface area contributed by atoms with Crippen LogP contribution in [0.4, 0.5) is 0 Å². The van der Waals surface area contributed by atoms with E-state index in [9.17, 15) is 4.21 Å². The minimum absolute atomic E-state index is 0.0745. The predicted molar refractivity (Wildman–Crippen MR) is 181 cm³/mol. The number of benzene rings is 2. The molecule has 41 heavy (non-hydrogen) atoms. The van der Waals surface area contributed by atoms with E-state index in [2.05, 4.69) is 95.7 Å². The van der Waals surface area contributed by atoms with E-state index in [0.717, 1.165) is 11.3 Å². The fraction of sp³-hybridized carbons (Fsp3) is 0.676. The Morgan fingerprint density at radius 2 is 1.32 bits per heavy atom. The molecule has 2 saturated carbocycles. The summed E-state index contributed by atoms with van der Waals surface area (Å²) in [4.78, 5) is 0. The Bertz CT molecular complexity index is 1200. The summed E-state index contributed by atoms with van der Waals surface area (Å²) in [5.74, 6) is 0. The second-order valence-corrected chi connectivity index (χ2v) is 20.3. The summed E-state index contributed by atoms with van der Waals surface area (Å²) in [5, 5.41) is 1.60. The minimum atomic E-state index is -1.18. The average Bonchev–Trinajstić information content (AvgIpc) is 2.95. The molecule has 1 N–H and O–H groups in total. The van der Waals surface area contributed by atoms with E-state index in [0.29, 0.717) is 0 Å². The number of hydrogen-bond acceptors (Lipinski definition) is 1. The third-order valence-electron chi connectivity index (χ3n) is 10.5. The minimum Gasteiger partial charge on any atom is -0.242 e. The fourth-order valence-electron chi connectivity index (χ4n) is 7.76. The van der Waals surface area contributed by atoms with E-state index in [4.69, 9.17) is 0 Å². The maximum Gasteiger partial charge on any atom is 0.0979 e. The van der Waals surface area contributed by atoms with E-state index < -0.39 is 11.0 Å². The van der Waals surface area contributed by atoms with Crippen LogP contribution in [0.1, 0.15) is 154 Å². The first-order valence-corrected chi connectivity index (χ1v) is 19.2. The summed E-state index contributed by atoms with van der Waals surface area (Å²) in [5.41, 5.74) is 7.65. The Labute approximate surface area is 255 Å². The highest BCUT2D eigenvalue weighted by atomic mass is 32.2. The van der Waals surface area contributed by atoms with Gasteiger partial charge in [0.25, 0.3) is 0 Å². The van der Waals surface area contributed by atoms with Crippen LogP contribution < -0.4 is 10.0 Å². The summed E-state index contributed by atoms with van der Waals surface area (Å²) in [6.45, 7) is 15.9. The van der Waals surface area contributed by atoms with Crippen LogP contribution >= 0.6 is 7.92 Å². The molecule has 0 saturated heterocycles. The molecule has 2 fully saturated rings. The van der Waals surface area contributed by atoms with Crippen molar-refractivity contribution < 1.29 is 4.21 Å². The summed E-state index contributed by atoms with van der Waals surface area (Å²) < 4.78 is 17.2. The van der Waals surface area contributed by atoms with Crippen molar-refractivity contribution in [3.63, 3.8) is 0 Å². The molecular weight excluding hydrogens is 537 g/mol. The first-order chi connectivity index (χ1) is 19.4. The number of fused-ring (bicyclic) bond motifs is 1. The topological polar surface area (TPSA) is 29.1 Å². The molecule has 0 radical (unpaired) electrons. The van der Waals surface area contributed by atoms with Gasteiger partial charge in [0.2, 0.25) is 0 Å². The maximum absolute atomic E-state index is 13.8. The van der Waals surface area contributed by atoms with Gasteiger partial charge in [-0.3, -0.25) is 0 Å². The maximum atomic E-state index is 13.8. The molecule has 2 aromatic rings. The first kappa shape index (κ1) is 31.4. The Morgan fingerprint density at radius 1 is 0.780 bits per heavy atom. The number of nitrogens with one attached hydrogen (secondary N) is 1. The van der Waals surface area contributed by atoms with Crippen LogP contribution in [0.25, 0.3) is 0 Å². The van der Waals surface area contributed by atoms with Gasteiger partial charge in [0.1, 0.15) is 0 Å². The second kappa shape index (κ2) is 12.5. The number of hydrogen-bond donors (Lipinski definition) is 1. The summed E-state index contributed by atoms with van der Waals surface area (Å²) in [7, 11) is -1.45. The molecule has 2 aromatic carbocycles. The van der Waals surface area contributed by atoms with Crippen molar-refractivity contribution in [3.8, 4) is 0 Å². The van der Waals surface area contributed by atoms with Crippen molar-refractivity contribution in [2.45, 2.75) is 158 Å². The zero-order valence-corrected chi connectivity index (χ0v) is 28.7. The van der Waals surface area contributed by atoms with Gasteiger partial charge in [-0.1, -0.05) is 117 Å². The Morgan fingerprint density at radius 3 is 1.88 bits per heavy atom. The van der Waals surface area contributed by atoms with E-state index in [-0.39, 0.29) is 29.5 Å². The van der Waals surface area contributed by atoms with Crippen LogP contribution in [0.3, 0.4) is 0 Å². The van der Waals surface area contributed by atoms with Gasteiger partial charge >= 0.3 is 0 Å². The van der Waals surface area contributed by atoms with Crippen LogP contribution in [0.2, 0.25) is 0 Å². The van der Waals surface area contributed by atoms with E-state index in [1.165, 1.54) is 99.3 Å². The quantitative estimate of drug-likeness (QED) is 0.318. The summed E-state index contributed by atoms with van der Waals surface area (Å²) in [6.07, 6.45) is 16.4. The highest BCUT2D eigenvalue weighted by Crippen LogP contribution is 2.56. The highest BCUT2D eigenvalue weighted by Gasteiger charge is 2.39. The molecule has 0 amide bonds. The van der Waals surface area contributed by atoms with Gasteiger partial charge in [-0.25, -0.2) is 8.93 Å². The van der Waals surface area contributed by atoms with Crippen molar-refractivity contribution in [2.24, 2.45) is 0 Å². The molecule has 2 nitrogen and oxygen atoms in total.